The zero-order valence-electron chi connectivity index (χ0n) is 9.32. The molecule has 1 aromatic heterocycles. The molecule has 0 bridgehead atoms. The average molecular weight is 267 g/mol. The van der Waals surface area contributed by atoms with Crippen LogP contribution in [0, 0.1) is 17.0 Å². The van der Waals surface area contributed by atoms with Crippen molar-refractivity contribution in [2.45, 2.75) is 17.0 Å². The number of benzene rings is 1. The van der Waals surface area contributed by atoms with Crippen LogP contribution in [-0.2, 0) is 9.84 Å². The molecule has 0 saturated carbocycles. The Morgan fingerprint density at radius 1 is 1.28 bits per heavy atom. The van der Waals surface area contributed by atoms with Gasteiger partial charge >= 0.3 is 11.0 Å². The van der Waals surface area contributed by atoms with E-state index in [4.69, 9.17) is 0 Å². The predicted octanol–water partition coefficient (Wildman–Crippen LogP) is 1.46. The molecule has 0 aliphatic carbocycles. The summed E-state index contributed by atoms with van der Waals surface area (Å²) < 4.78 is 24.1. The van der Waals surface area contributed by atoms with Gasteiger partial charge in [0.15, 0.2) is 0 Å². The van der Waals surface area contributed by atoms with Crippen LogP contribution in [0.25, 0.3) is 0 Å². The highest BCUT2D eigenvalue weighted by atomic mass is 32.2. The number of aryl methyl sites for hydroxylation is 1. The van der Waals surface area contributed by atoms with Crippen LogP contribution in [0.4, 0.5) is 5.82 Å². The summed E-state index contributed by atoms with van der Waals surface area (Å²) in [7, 11) is -3.84. The van der Waals surface area contributed by atoms with Crippen molar-refractivity contribution in [2.24, 2.45) is 0 Å². The van der Waals surface area contributed by atoms with Crippen molar-refractivity contribution in [1.29, 1.82) is 0 Å². The number of aromatic amines is 1. The molecule has 94 valence electrons. The predicted molar refractivity (Wildman–Crippen MR) is 61.9 cm³/mol. The molecule has 0 radical (unpaired) electrons. The molecule has 7 nitrogen and oxygen atoms in total. The first-order chi connectivity index (χ1) is 8.41. The second-order valence-electron chi connectivity index (χ2n) is 3.64. The van der Waals surface area contributed by atoms with E-state index >= 15 is 0 Å². The molecule has 2 rings (SSSR count). The van der Waals surface area contributed by atoms with Gasteiger partial charge in [0.2, 0.25) is 0 Å². The van der Waals surface area contributed by atoms with Crippen LogP contribution < -0.4 is 0 Å². The lowest BCUT2D eigenvalue weighted by Crippen LogP contribution is -2.04. The highest BCUT2D eigenvalue weighted by molar-refractivity contribution is 7.91. The van der Waals surface area contributed by atoms with Gasteiger partial charge in [-0.2, -0.15) is 0 Å². The number of sulfone groups is 1. The highest BCUT2D eigenvalue weighted by Crippen LogP contribution is 2.20. The molecule has 0 amide bonds. The lowest BCUT2D eigenvalue weighted by Gasteiger charge is -1.98. The molecule has 0 atom stereocenters. The number of nitrogens with zero attached hydrogens (tertiary/aromatic N) is 2. The number of rotatable bonds is 3. The normalized spacial score (nSPS) is 11.4. The molecular formula is C10H9N3O4S. The van der Waals surface area contributed by atoms with E-state index in [0.717, 1.165) is 11.8 Å². The zero-order chi connectivity index (χ0) is 13.3. The summed E-state index contributed by atoms with van der Waals surface area (Å²) in [6.07, 6.45) is 0.946. The summed E-state index contributed by atoms with van der Waals surface area (Å²) in [5, 5.41) is 10.0. The lowest BCUT2D eigenvalue weighted by molar-refractivity contribution is -0.389. The smallest absolute Gasteiger partial charge is 0.358 e. The van der Waals surface area contributed by atoms with E-state index in [2.05, 4.69) is 9.97 Å². The van der Waals surface area contributed by atoms with Crippen LogP contribution in [0.5, 0.6) is 0 Å². The van der Waals surface area contributed by atoms with Crippen LogP contribution in [-0.4, -0.2) is 23.3 Å². The van der Waals surface area contributed by atoms with E-state index in [1.807, 2.05) is 6.92 Å². The number of aromatic nitrogens is 2. The van der Waals surface area contributed by atoms with Crippen LogP contribution in [0.2, 0.25) is 0 Å². The summed E-state index contributed by atoms with van der Waals surface area (Å²) >= 11 is 0. The van der Waals surface area contributed by atoms with E-state index in [-0.39, 0.29) is 4.90 Å². The summed E-state index contributed by atoms with van der Waals surface area (Å²) in [6, 6.07) is 6.15. The summed E-state index contributed by atoms with van der Waals surface area (Å²) in [5.41, 5.74) is 0.916. The minimum Gasteiger partial charge on any atom is -0.358 e. The van der Waals surface area contributed by atoms with Crippen LogP contribution in [0.3, 0.4) is 0 Å². The van der Waals surface area contributed by atoms with Crippen molar-refractivity contribution >= 4 is 15.7 Å². The number of hydrogen-bond acceptors (Lipinski definition) is 5. The van der Waals surface area contributed by atoms with Crippen molar-refractivity contribution in [3.63, 3.8) is 0 Å². The van der Waals surface area contributed by atoms with E-state index in [1.54, 1.807) is 12.1 Å². The third kappa shape index (κ3) is 2.09. The number of H-pyrrole nitrogens is 1. The van der Waals surface area contributed by atoms with Gasteiger partial charge in [-0.15, -0.1) is 0 Å². The van der Waals surface area contributed by atoms with Crippen LogP contribution in [0.1, 0.15) is 5.56 Å². The van der Waals surface area contributed by atoms with Gasteiger partial charge in [-0.25, -0.2) is 8.42 Å². The lowest BCUT2D eigenvalue weighted by atomic mass is 10.2. The molecule has 8 heteroatoms. The topological polar surface area (TPSA) is 106 Å². The first-order valence-corrected chi connectivity index (χ1v) is 6.41. The van der Waals surface area contributed by atoms with Gasteiger partial charge in [0.25, 0.3) is 9.84 Å². The van der Waals surface area contributed by atoms with Gasteiger partial charge in [-0.05, 0) is 29.0 Å². The Bertz CT molecular complexity index is 688. The van der Waals surface area contributed by atoms with E-state index < -0.39 is 25.7 Å². The Hall–Kier alpha value is -2.22. The first-order valence-electron chi connectivity index (χ1n) is 4.93. The van der Waals surface area contributed by atoms with Crippen molar-refractivity contribution in [3.05, 3.63) is 46.1 Å². The van der Waals surface area contributed by atoms with E-state index in [0.29, 0.717) is 0 Å². The maximum absolute atomic E-state index is 12.1. The minimum atomic E-state index is -3.84. The Labute approximate surface area is 103 Å². The molecule has 1 heterocycles. The van der Waals surface area contributed by atoms with Gasteiger partial charge in [-0.1, -0.05) is 17.7 Å². The van der Waals surface area contributed by atoms with Crippen molar-refractivity contribution < 1.29 is 13.3 Å². The van der Waals surface area contributed by atoms with E-state index in [9.17, 15) is 18.5 Å². The fourth-order valence-electron chi connectivity index (χ4n) is 1.36. The van der Waals surface area contributed by atoms with Crippen molar-refractivity contribution in [3.8, 4) is 0 Å². The van der Waals surface area contributed by atoms with Gasteiger partial charge in [0.05, 0.1) is 4.90 Å². The number of hydrogen-bond donors (Lipinski definition) is 1. The van der Waals surface area contributed by atoms with Crippen LogP contribution in [0.15, 0.2) is 40.5 Å². The molecule has 18 heavy (non-hydrogen) atoms. The van der Waals surface area contributed by atoms with Gasteiger partial charge in [-0.3, -0.25) is 0 Å². The molecular weight excluding hydrogens is 258 g/mol. The molecule has 0 unspecified atom stereocenters. The fourth-order valence-corrected chi connectivity index (χ4v) is 2.50. The maximum Gasteiger partial charge on any atom is 0.382 e. The van der Waals surface area contributed by atoms with E-state index in [1.165, 1.54) is 12.1 Å². The molecule has 0 saturated heterocycles. The highest BCUT2D eigenvalue weighted by Gasteiger charge is 2.27. The molecule has 0 spiro atoms. The molecule has 0 aliphatic rings. The third-order valence-electron chi connectivity index (χ3n) is 2.31. The fraction of sp³-hybridized carbons (Fsp3) is 0.100. The molecule has 0 aliphatic heterocycles. The third-order valence-corrected chi connectivity index (χ3v) is 3.92. The van der Waals surface area contributed by atoms with Crippen LogP contribution >= 0.6 is 0 Å². The van der Waals surface area contributed by atoms with Gasteiger partial charge in [0.1, 0.15) is 6.20 Å². The second kappa shape index (κ2) is 4.22. The number of nitro groups is 1. The van der Waals surface area contributed by atoms with Gasteiger partial charge < -0.3 is 15.1 Å². The number of nitrogens with one attached hydrogen (secondary N) is 1. The summed E-state index contributed by atoms with van der Waals surface area (Å²) in [6.45, 7) is 1.83. The molecule has 2 aromatic rings. The maximum atomic E-state index is 12.1. The SMILES string of the molecule is Cc1ccc(S(=O)(=O)c2nc([N+](=O)[O-])c[nH]2)cc1. The second-order valence-corrected chi connectivity index (χ2v) is 5.50. The van der Waals surface area contributed by atoms with Gasteiger partial charge in [0, 0.05) is 0 Å². The largest absolute Gasteiger partial charge is 0.382 e. The summed E-state index contributed by atoms with van der Waals surface area (Å²) in [5.74, 6) is -0.527. The summed E-state index contributed by atoms with van der Waals surface area (Å²) in [4.78, 5) is 15.5. The van der Waals surface area contributed by atoms with Crippen molar-refractivity contribution in [2.75, 3.05) is 0 Å². The minimum absolute atomic E-state index is 0.0392. The Morgan fingerprint density at radius 2 is 1.89 bits per heavy atom. The monoisotopic (exact) mass is 267 g/mol. The average Bonchev–Trinajstić information content (AvgIpc) is 2.79. The Kier molecular flexibility index (Phi) is 2.87. The Morgan fingerprint density at radius 3 is 2.39 bits per heavy atom. The molecule has 0 fully saturated rings. The zero-order valence-corrected chi connectivity index (χ0v) is 10.1. The molecule has 1 aromatic carbocycles. The quantitative estimate of drug-likeness (QED) is 0.669. The first kappa shape index (κ1) is 12.2. The Balaban J connectivity index is 2.47. The standard InChI is InChI=1S/C10H9N3O4S/c1-7-2-4-8(5-3-7)18(16,17)10-11-6-9(12-10)13(14)15/h2-6H,1H3,(H,11,12). The molecule has 1 N–H and O–H groups in total. The van der Waals surface area contributed by atoms with Crippen molar-refractivity contribution in [1.82, 2.24) is 9.97 Å². The number of imidazole rings is 1.